The van der Waals surface area contributed by atoms with E-state index in [2.05, 4.69) is 35.2 Å². The number of benzene rings is 2. The largest absolute Gasteiger partial charge is 0.497 e. The molecule has 0 fully saturated rings. The van der Waals surface area contributed by atoms with Gasteiger partial charge in [-0.1, -0.05) is 0 Å². The van der Waals surface area contributed by atoms with Crippen LogP contribution in [0, 0.1) is 22.7 Å². The molecule has 0 bridgehead atoms. The zero-order valence-corrected chi connectivity index (χ0v) is 20.9. The number of methoxy groups -OCH3 is 2. The highest BCUT2D eigenvalue weighted by Gasteiger charge is 2.24. The lowest BCUT2D eigenvalue weighted by Gasteiger charge is -2.24. The molecule has 0 atom stereocenters. The molecule has 4 aromatic rings. The summed E-state index contributed by atoms with van der Waals surface area (Å²) in [7, 11) is 3.33. The molecule has 5 rings (SSSR count). The van der Waals surface area contributed by atoms with Crippen molar-refractivity contribution in [3.05, 3.63) is 82.7 Å². The fraction of sp³-hybridized carbons (Fsp3) is 0.143. The molecule has 0 spiro atoms. The first-order chi connectivity index (χ1) is 17.1. The molecule has 5 nitrogen and oxygen atoms in total. The van der Waals surface area contributed by atoms with Gasteiger partial charge in [-0.05, 0) is 90.7 Å². The van der Waals surface area contributed by atoms with E-state index in [9.17, 15) is 10.5 Å². The Morgan fingerprint density at radius 2 is 1.37 bits per heavy atom. The molecule has 1 aliphatic carbocycles. The van der Waals surface area contributed by atoms with Crippen LogP contribution in [0.4, 0.5) is 16.4 Å². The van der Waals surface area contributed by atoms with Gasteiger partial charge in [0.15, 0.2) is 0 Å². The van der Waals surface area contributed by atoms with E-state index in [0.717, 1.165) is 60.9 Å². The average Bonchev–Trinajstić information content (AvgIpc) is 3.63. The second kappa shape index (κ2) is 9.68. The number of thiophene rings is 2. The molecule has 0 amide bonds. The van der Waals surface area contributed by atoms with Gasteiger partial charge in [0, 0.05) is 26.0 Å². The van der Waals surface area contributed by atoms with Gasteiger partial charge in [0.2, 0.25) is 0 Å². The van der Waals surface area contributed by atoms with E-state index >= 15 is 0 Å². The van der Waals surface area contributed by atoms with Crippen LogP contribution in [0.15, 0.2) is 72.3 Å². The van der Waals surface area contributed by atoms with Gasteiger partial charge in [-0.25, -0.2) is 0 Å². The monoisotopic (exact) mass is 495 g/mol. The van der Waals surface area contributed by atoms with Crippen LogP contribution in [0.25, 0.3) is 15.3 Å². The van der Waals surface area contributed by atoms with Crippen molar-refractivity contribution in [2.45, 2.75) is 12.8 Å². The molecule has 7 heteroatoms. The third-order valence-electron chi connectivity index (χ3n) is 5.97. The van der Waals surface area contributed by atoms with Crippen LogP contribution in [0.3, 0.4) is 0 Å². The molecule has 0 radical (unpaired) electrons. The molecule has 35 heavy (non-hydrogen) atoms. The highest BCUT2D eigenvalue weighted by molar-refractivity contribution is 7.24. The number of nitrogens with zero attached hydrogens (tertiary/aromatic N) is 3. The second-order valence-corrected chi connectivity index (χ2v) is 10.0. The molecular weight excluding hydrogens is 474 g/mol. The van der Waals surface area contributed by atoms with Crippen LogP contribution in [0.2, 0.25) is 0 Å². The average molecular weight is 496 g/mol. The third-order valence-corrected chi connectivity index (χ3v) is 8.47. The van der Waals surface area contributed by atoms with Crippen molar-refractivity contribution in [2.75, 3.05) is 19.1 Å². The highest BCUT2D eigenvalue weighted by Crippen LogP contribution is 2.47. The van der Waals surface area contributed by atoms with Crippen LogP contribution in [0.5, 0.6) is 11.5 Å². The third kappa shape index (κ3) is 4.28. The van der Waals surface area contributed by atoms with Crippen molar-refractivity contribution in [3.63, 3.8) is 0 Å². The number of fused-ring (bicyclic) bond motifs is 1. The van der Waals surface area contributed by atoms with Crippen molar-refractivity contribution >= 4 is 44.6 Å². The number of ether oxygens (including phenoxy) is 2. The number of hydrogen-bond acceptors (Lipinski definition) is 7. The highest BCUT2D eigenvalue weighted by atomic mass is 32.1. The Balaban J connectivity index is 1.54. The van der Waals surface area contributed by atoms with Gasteiger partial charge in [-0.15, -0.1) is 22.7 Å². The fourth-order valence-corrected chi connectivity index (χ4v) is 6.63. The summed E-state index contributed by atoms with van der Waals surface area (Å²) in [5, 5.41) is 19.8. The summed E-state index contributed by atoms with van der Waals surface area (Å²) in [6.07, 6.45) is 1.63. The van der Waals surface area contributed by atoms with Gasteiger partial charge in [0.25, 0.3) is 0 Å². The fourth-order valence-electron chi connectivity index (χ4n) is 4.21. The molecule has 2 heterocycles. The predicted molar refractivity (Wildman–Crippen MR) is 142 cm³/mol. The minimum absolute atomic E-state index is 0.231. The maximum Gasteiger partial charge on any atom is 0.134 e. The lowest BCUT2D eigenvalue weighted by molar-refractivity contribution is 0.415. The number of aryl methyl sites for hydroxylation is 1. The Bertz CT molecular complexity index is 1420. The van der Waals surface area contributed by atoms with Gasteiger partial charge in [-0.2, -0.15) is 10.5 Å². The number of anilines is 3. The first kappa shape index (κ1) is 22.7. The summed E-state index contributed by atoms with van der Waals surface area (Å²) in [4.78, 5) is 5.60. The van der Waals surface area contributed by atoms with E-state index < -0.39 is 0 Å². The van der Waals surface area contributed by atoms with Gasteiger partial charge in [0.05, 0.1) is 14.2 Å². The Kier molecular flexibility index (Phi) is 6.29. The first-order valence-electron chi connectivity index (χ1n) is 11.0. The second-order valence-electron chi connectivity index (χ2n) is 7.91. The van der Waals surface area contributed by atoms with Crippen molar-refractivity contribution in [2.24, 2.45) is 0 Å². The van der Waals surface area contributed by atoms with Gasteiger partial charge in [-0.3, -0.25) is 0 Å². The van der Waals surface area contributed by atoms with Crippen molar-refractivity contribution in [1.82, 2.24) is 0 Å². The number of hydrogen-bond donors (Lipinski definition) is 0. The molecule has 0 unspecified atom stereocenters. The van der Waals surface area contributed by atoms with E-state index in [-0.39, 0.29) is 5.57 Å². The summed E-state index contributed by atoms with van der Waals surface area (Å²) in [5.74, 6) is 1.61. The molecule has 2 aromatic carbocycles. The maximum absolute atomic E-state index is 9.34. The van der Waals surface area contributed by atoms with Crippen LogP contribution in [0.1, 0.15) is 16.9 Å². The molecule has 0 aliphatic heterocycles. The molecule has 0 saturated carbocycles. The Morgan fingerprint density at radius 3 is 1.91 bits per heavy atom. The van der Waals surface area contributed by atoms with Gasteiger partial charge < -0.3 is 14.4 Å². The van der Waals surface area contributed by atoms with Crippen molar-refractivity contribution in [1.29, 1.82) is 10.5 Å². The summed E-state index contributed by atoms with van der Waals surface area (Å²) < 4.78 is 10.7. The normalized spacial score (nSPS) is 11.9. The zero-order valence-electron chi connectivity index (χ0n) is 19.2. The summed E-state index contributed by atoms with van der Waals surface area (Å²) in [6.45, 7) is 0. The zero-order chi connectivity index (χ0) is 24.4. The van der Waals surface area contributed by atoms with Gasteiger partial charge >= 0.3 is 0 Å². The molecule has 0 saturated heterocycles. The van der Waals surface area contributed by atoms with Crippen LogP contribution >= 0.6 is 22.7 Å². The lowest BCUT2D eigenvalue weighted by Crippen LogP contribution is -2.08. The summed E-state index contributed by atoms with van der Waals surface area (Å²) in [5.41, 5.74) is 4.39. The number of nitriles is 2. The SMILES string of the molecule is COc1ccc(N(c2ccc(OC)cc2)c2ccc(-c3cc4c(s3)C(=C(C#N)C#N)CC4)s2)cc1. The smallest absolute Gasteiger partial charge is 0.134 e. The minimum atomic E-state index is 0.231. The van der Waals surface area contributed by atoms with Crippen LogP contribution < -0.4 is 14.4 Å². The molecule has 2 aromatic heterocycles. The Labute approximate surface area is 212 Å². The number of rotatable bonds is 6. The predicted octanol–water partition coefficient (Wildman–Crippen LogP) is 7.71. The van der Waals surface area contributed by atoms with Crippen LogP contribution in [-0.2, 0) is 6.42 Å². The summed E-state index contributed by atoms with van der Waals surface area (Å²) >= 11 is 3.38. The first-order valence-corrected chi connectivity index (χ1v) is 12.6. The van der Waals surface area contributed by atoms with Crippen molar-refractivity contribution in [3.8, 4) is 33.4 Å². The Hall–Kier alpha value is -4.04. The van der Waals surface area contributed by atoms with Gasteiger partial charge in [0.1, 0.15) is 34.2 Å². The molecule has 172 valence electrons. The molecular formula is C28H21N3O2S2. The van der Waals surface area contributed by atoms with E-state index in [1.807, 2.05) is 48.5 Å². The van der Waals surface area contributed by atoms with E-state index in [1.54, 1.807) is 36.9 Å². The molecule has 1 aliphatic rings. The van der Waals surface area contributed by atoms with Crippen molar-refractivity contribution < 1.29 is 9.47 Å². The van der Waals surface area contributed by atoms with E-state index in [1.165, 1.54) is 5.56 Å². The summed E-state index contributed by atoms with van der Waals surface area (Å²) in [6, 6.07) is 26.6. The van der Waals surface area contributed by atoms with E-state index in [4.69, 9.17) is 9.47 Å². The maximum atomic E-state index is 9.34. The standard InChI is InChI=1S/C28H21N3O2S2/c1-32-22-8-4-20(5-9-22)31(21-6-10-23(33-2)11-7-21)27-14-13-25(34-27)26-15-18-3-12-24(28(18)35-26)19(16-29)17-30/h4-11,13-15H,3,12H2,1-2H3. The minimum Gasteiger partial charge on any atom is -0.497 e. The van der Waals surface area contributed by atoms with E-state index in [0.29, 0.717) is 0 Å². The number of allylic oxidation sites excluding steroid dienone is 2. The van der Waals surface area contributed by atoms with Crippen LogP contribution in [-0.4, -0.2) is 14.2 Å². The topological polar surface area (TPSA) is 69.3 Å². The molecule has 0 N–H and O–H groups in total. The quantitative estimate of drug-likeness (QED) is 0.256. The lowest BCUT2D eigenvalue weighted by atomic mass is 10.1. The Morgan fingerprint density at radius 1 is 0.771 bits per heavy atom.